The molecule has 1 aromatic carbocycles. The van der Waals surface area contributed by atoms with Gasteiger partial charge in [0.05, 0.1) is 16.2 Å². The van der Waals surface area contributed by atoms with Gasteiger partial charge in [-0.05, 0) is 12.1 Å². The average Bonchev–Trinajstić information content (AvgIpc) is 2.44. The summed E-state index contributed by atoms with van der Waals surface area (Å²) < 4.78 is 47.9. The molecule has 0 fully saturated rings. The number of sulfone groups is 1. The molecule has 0 aliphatic heterocycles. The van der Waals surface area contributed by atoms with Crippen LogP contribution in [0.2, 0.25) is 0 Å². The molecule has 2 N–H and O–H groups in total. The first-order valence-corrected chi connectivity index (χ1v) is 7.51. The summed E-state index contributed by atoms with van der Waals surface area (Å²) in [4.78, 5) is 11.7. The number of rotatable bonds is 6. The van der Waals surface area contributed by atoms with Crippen LogP contribution >= 0.6 is 0 Å². The fraction of sp³-hybridized carbons (Fsp3) is 0.417. The van der Waals surface area contributed by atoms with Crippen LogP contribution in [0.1, 0.15) is 17.3 Å². The summed E-state index contributed by atoms with van der Waals surface area (Å²) in [6.07, 6.45) is -4.97. The van der Waals surface area contributed by atoms with Crippen LogP contribution in [0.25, 0.3) is 0 Å². The van der Waals surface area contributed by atoms with E-state index in [1.807, 2.05) is 0 Å². The third-order valence-corrected chi connectivity index (χ3v) is 4.40. The number of hydrogen-bond donors (Lipinski definition) is 2. The molecule has 1 rings (SSSR count). The minimum atomic E-state index is -3.60. The second-order valence-corrected chi connectivity index (χ2v) is 6.26. The molecule has 0 saturated carbocycles. The zero-order valence-corrected chi connectivity index (χ0v) is 11.5. The highest BCUT2D eigenvalue weighted by atomic mass is 32.2. The maximum atomic E-state index is 12.1. The fourth-order valence-electron chi connectivity index (χ4n) is 1.46. The van der Waals surface area contributed by atoms with E-state index in [0.29, 0.717) is 0 Å². The van der Waals surface area contributed by atoms with E-state index in [2.05, 4.69) is 5.32 Å². The quantitative estimate of drug-likeness (QED) is 0.815. The highest BCUT2D eigenvalue weighted by Crippen LogP contribution is 2.17. The summed E-state index contributed by atoms with van der Waals surface area (Å²) >= 11 is 0. The SMILES string of the molecule is CCS(=O)(=O)c1ccccc1C(=O)NCC(O)C(F)F. The fourth-order valence-corrected chi connectivity index (χ4v) is 2.56. The van der Waals surface area contributed by atoms with Crippen LogP contribution in [0.15, 0.2) is 29.2 Å². The number of benzene rings is 1. The van der Waals surface area contributed by atoms with E-state index in [0.717, 1.165) is 0 Å². The third kappa shape index (κ3) is 3.97. The van der Waals surface area contributed by atoms with E-state index in [4.69, 9.17) is 5.11 Å². The molecule has 8 heteroatoms. The zero-order valence-electron chi connectivity index (χ0n) is 10.7. The number of carbonyl (C=O) groups is 1. The summed E-state index contributed by atoms with van der Waals surface area (Å²) in [6, 6.07) is 5.49. The summed E-state index contributed by atoms with van der Waals surface area (Å²) in [5, 5.41) is 11.0. The molecule has 0 aliphatic rings. The summed E-state index contributed by atoms with van der Waals surface area (Å²) in [7, 11) is -3.60. The Kier molecular flexibility index (Phi) is 5.58. The summed E-state index contributed by atoms with van der Waals surface area (Å²) in [5.41, 5.74) is -0.129. The minimum absolute atomic E-state index is 0.129. The Morgan fingerprint density at radius 2 is 1.95 bits per heavy atom. The van der Waals surface area contributed by atoms with Crippen LogP contribution in [0, 0.1) is 0 Å². The van der Waals surface area contributed by atoms with Crippen molar-refractivity contribution < 1.29 is 27.1 Å². The number of carbonyl (C=O) groups excluding carboxylic acids is 1. The van der Waals surface area contributed by atoms with Gasteiger partial charge in [0.25, 0.3) is 12.3 Å². The molecule has 0 radical (unpaired) electrons. The first kappa shape index (κ1) is 16.5. The van der Waals surface area contributed by atoms with Gasteiger partial charge < -0.3 is 10.4 Å². The Morgan fingerprint density at radius 1 is 1.35 bits per heavy atom. The molecule has 1 aromatic rings. The maximum absolute atomic E-state index is 12.1. The molecule has 1 atom stereocenters. The van der Waals surface area contributed by atoms with Crippen molar-refractivity contribution in [3.8, 4) is 0 Å². The Balaban J connectivity index is 2.95. The number of aliphatic hydroxyl groups is 1. The van der Waals surface area contributed by atoms with Crippen LogP contribution in [0.3, 0.4) is 0 Å². The van der Waals surface area contributed by atoms with Gasteiger partial charge in [0.1, 0.15) is 6.10 Å². The number of aliphatic hydroxyl groups excluding tert-OH is 1. The summed E-state index contributed by atoms with van der Waals surface area (Å²) in [5.74, 6) is -1.01. The molecule has 0 heterocycles. The van der Waals surface area contributed by atoms with Crippen LogP contribution in [-0.2, 0) is 9.84 Å². The van der Waals surface area contributed by atoms with Gasteiger partial charge in [-0.3, -0.25) is 4.79 Å². The summed E-state index contributed by atoms with van der Waals surface area (Å²) in [6.45, 7) is 0.779. The Hall–Kier alpha value is -1.54. The van der Waals surface area contributed by atoms with Crippen LogP contribution in [-0.4, -0.2) is 44.3 Å². The standard InChI is InChI=1S/C12H15F2NO4S/c1-2-20(18,19)10-6-4-3-5-8(10)12(17)15-7-9(16)11(13)14/h3-6,9,11,16H,2,7H2,1H3,(H,15,17). The van der Waals surface area contributed by atoms with E-state index in [1.165, 1.54) is 31.2 Å². The van der Waals surface area contributed by atoms with E-state index in [9.17, 15) is 22.0 Å². The molecule has 112 valence electrons. The van der Waals surface area contributed by atoms with Crippen LogP contribution < -0.4 is 5.32 Å². The van der Waals surface area contributed by atoms with E-state index >= 15 is 0 Å². The number of nitrogens with one attached hydrogen (secondary N) is 1. The zero-order chi connectivity index (χ0) is 15.3. The molecule has 1 amide bonds. The monoisotopic (exact) mass is 307 g/mol. The van der Waals surface area contributed by atoms with Crippen LogP contribution in [0.5, 0.6) is 0 Å². The van der Waals surface area contributed by atoms with Crippen LogP contribution in [0.4, 0.5) is 8.78 Å². The van der Waals surface area contributed by atoms with E-state index < -0.39 is 34.8 Å². The van der Waals surface area contributed by atoms with Crippen molar-refractivity contribution in [3.05, 3.63) is 29.8 Å². The molecule has 20 heavy (non-hydrogen) atoms. The minimum Gasteiger partial charge on any atom is -0.385 e. The normalized spacial score (nSPS) is 13.2. The lowest BCUT2D eigenvalue weighted by Gasteiger charge is -2.12. The molecule has 0 bridgehead atoms. The van der Waals surface area contributed by atoms with Crippen molar-refractivity contribution in [2.24, 2.45) is 0 Å². The molecule has 0 aliphatic carbocycles. The van der Waals surface area contributed by atoms with Gasteiger partial charge in [0, 0.05) is 6.54 Å². The largest absolute Gasteiger partial charge is 0.385 e. The van der Waals surface area contributed by atoms with Gasteiger partial charge in [-0.25, -0.2) is 17.2 Å². The smallest absolute Gasteiger partial charge is 0.265 e. The molecule has 0 saturated heterocycles. The second-order valence-electron chi connectivity index (χ2n) is 4.01. The molecule has 1 unspecified atom stereocenters. The Bertz CT molecular complexity index is 575. The van der Waals surface area contributed by atoms with Gasteiger partial charge in [-0.2, -0.15) is 0 Å². The molecular formula is C12H15F2NO4S. The highest BCUT2D eigenvalue weighted by molar-refractivity contribution is 7.91. The maximum Gasteiger partial charge on any atom is 0.265 e. The Morgan fingerprint density at radius 3 is 2.50 bits per heavy atom. The van der Waals surface area contributed by atoms with Crippen molar-refractivity contribution in [1.82, 2.24) is 5.32 Å². The first-order chi connectivity index (χ1) is 9.29. The third-order valence-electron chi connectivity index (χ3n) is 2.61. The number of amides is 1. The van der Waals surface area contributed by atoms with Gasteiger partial charge in [-0.1, -0.05) is 19.1 Å². The molecule has 0 aromatic heterocycles. The van der Waals surface area contributed by atoms with Crippen molar-refractivity contribution in [2.75, 3.05) is 12.3 Å². The lowest BCUT2D eigenvalue weighted by Crippen LogP contribution is -2.36. The molecular weight excluding hydrogens is 292 g/mol. The van der Waals surface area contributed by atoms with Gasteiger partial charge in [0.2, 0.25) is 0 Å². The van der Waals surface area contributed by atoms with Gasteiger partial charge >= 0.3 is 0 Å². The first-order valence-electron chi connectivity index (χ1n) is 5.85. The molecule has 0 spiro atoms. The van der Waals surface area contributed by atoms with Crippen molar-refractivity contribution >= 4 is 15.7 Å². The van der Waals surface area contributed by atoms with E-state index in [1.54, 1.807) is 0 Å². The number of alkyl halides is 2. The average molecular weight is 307 g/mol. The topological polar surface area (TPSA) is 83.5 Å². The second kappa shape index (κ2) is 6.76. The Labute approximate surface area is 115 Å². The molecule has 5 nitrogen and oxygen atoms in total. The number of hydrogen-bond acceptors (Lipinski definition) is 4. The van der Waals surface area contributed by atoms with Gasteiger partial charge in [-0.15, -0.1) is 0 Å². The number of halogens is 2. The predicted octanol–water partition coefficient (Wildman–Crippen LogP) is 0.836. The van der Waals surface area contributed by atoms with Crippen molar-refractivity contribution in [2.45, 2.75) is 24.3 Å². The van der Waals surface area contributed by atoms with E-state index in [-0.39, 0.29) is 16.2 Å². The van der Waals surface area contributed by atoms with Crippen molar-refractivity contribution in [3.63, 3.8) is 0 Å². The lowest BCUT2D eigenvalue weighted by molar-refractivity contribution is -0.00271. The van der Waals surface area contributed by atoms with Gasteiger partial charge in [0.15, 0.2) is 9.84 Å². The highest BCUT2D eigenvalue weighted by Gasteiger charge is 2.22. The lowest BCUT2D eigenvalue weighted by atomic mass is 10.2. The predicted molar refractivity (Wildman–Crippen MR) is 68.5 cm³/mol. The van der Waals surface area contributed by atoms with Crippen molar-refractivity contribution in [1.29, 1.82) is 0 Å².